The summed E-state index contributed by atoms with van der Waals surface area (Å²) in [5.74, 6) is -0.0441. The van der Waals surface area contributed by atoms with Crippen molar-refractivity contribution in [1.82, 2.24) is 10.2 Å². The summed E-state index contributed by atoms with van der Waals surface area (Å²) in [5, 5.41) is 2.66. The van der Waals surface area contributed by atoms with E-state index >= 15 is 0 Å². The molecule has 0 radical (unpaired) electrons. The van der Waals surface area contributed by atoms with Crippen LogP contribution < -0.4 is 5.32 Å². The molecule has 0 bridgehead atoms. The summed E-state index contributed by atoms with van der Waals surface area (Å²) >= 11 is 0. The summed E-state index contributed by atoms with van der Waals surface area (Å²) in [5.41, 5.74) is -2.70. The van der Waals surface area contributed by atoms with E-state index in [1.165, 1.54) is 12.1 Å². The third kappa shape index (κ3) is 6.47. The van der Waals surface area contributed by atoms with Gasteiger partial charge in [0.2, 0.25) is 5.91 Å². The molecule has 0 spiro atoms. The van der Waals surface area contributed by atoms with Gasteiger partial charge in [0, 0.05) is 19.1 Å². The summed E-state index contributed by atoms with van der Waals surface area (Å²) in [6.07, 6.45) is -7.05. The third-order valence-corrected chi connectivity index (χ3v) is 8.93. The number of halogens is 7. The van der Waals surface area contributed by atoms with Gasteiger partial charge in [-0.1, -0.05) is 32.9 Å². The van der Waals surface area contributed by atoms with E-state index in [1.807, 2.05) is 26.0 Å². The Labute approximate surface area is 230 Å². The smallest absolute Gasteiger partial charge is 0.352 e. The minimum absolute atomic E-state index is 0.0704. The molecule has 220 valence electrons. The van der Waals surface area contributed by atoms with Gasteiger partial charge in [-0.05, 0) is 91.4 Å². The SMILES string of the molecule is CC(C)C1(C(=O)NCc2cc(C(F)(F)F)cc(C(F)(F)F)c2)CCC(N2CC[C@H](c3ccc(F)cc3)[C@@H](C)C2)C1. The highest BCUT2D eigenvalue weighted by Gasteiger charge is 2.49. The Morgan fingerprint density at radius 1 is 1.00 bits per heavy atom. The van der Waals surface area contributed by atoms with Gasteiger partial charge in [-0.2, -0.15) is 26.3 Å². The van der Waals surface area contributed by atoms with Gasteiger partial charge in [0.15, 0.2) is 0 Å². The van der Waals surface area contributed by atoms with Crippen molar-refractivity contribution in [2.24, 2.45) is 17.3 Å². The lowest BCUT2D eigenvalue weighted by Crippen LogP contribution is -2.47. The average molecular weight is 573 g/mol. The van der Waals surface area contributed by atoms with E-state index in [4.69, 9.17) is 0 Å². The van der Waals surface area contributed by atoms with Crippen molar-refractivity contribution in [3.63, 3.8) is 0 Å². The molecular formula is C30H35F7N2O. The maximum absolute atomic E-state index is 13.5. The predicted molar refractivity (Wildman–Crippen MR) is 138 cm³/mol. The highest BCUT2D eigenvalue weighted by atomic mass is 19.4. The van der Waals surface area contributed by atoms with Crippen LogP contribution in [0.25, 0.3) is 0 Å². The Kier molecular flexibility index (Phi) is 8.60. The zero-order valence-corrected chi connectivity index (χ0v) is 22.8. The van der Waals surface area contributed by atoms with Gasteiger partial charge in [-0.15, -0.1) is 0 Å². The van der Waals surface area contributed by atoms with Crippen molar-refractivity contribution in [3.8, 4) is 0 Å². The molecule has 1 aliphatic carbocycles. The lowest BCUT2D eigenvalue weighted by atomic mass is 9.74. The third-order valence-electron chi connectivity index (χ3n) is 8.93. The number of carbonyl (C=O) groups is 1. The molecule has 10 heteroatoms. The molecule has 1 amide bonds. The Bertz CT molecular complexity index is 1160. The molecule has 1 N–H and O–H groups in total. The molecule has 0 aromatic heterocycles. The van der Waals surface area contributed by atoms with Crippen LogP contribution in [0.1, 0.15) is 74.6 Å². The summed E-state index contributed by atoms with van der Waals surface area (Å²) in [6, 6.07) is 8.16. The van der Waals surface area contributed by atoms with E-state index in [9.17, 15) is 35.5 Å². The van der Waals surface area contributed by atoms with Crippen molar-refractivity contribution in [2.75, 3.05) is 13.1 Å². The summed E-state index contributed by atoms with van der Waals surface area (Å²) < 4.78 is 92.9. The van der Waals surface area contributed by atoms with Crippen LogP contribution in [0, 0.1) is 23.1 Å². The minimum Gasteiger partial charge on any atom is -0.352 e. The zero-order chi connectivity index (χ0) is 29.5. The number of hydrogen-bond donors (Lipinski definition) is 1. The van der Waals surface area contributed by atoms with Crippen molar-refractivity contribution in [1.29, 1.82) is 0 Å². The van der Waals surface area contributed by atoms with E-state index in [-0.39, 0.29) is 35.3 Å². The minimum atomic E-state index is -4.95. The number of likely N-dealkylation sites (tertiary alicyclic amines) is 1. The van der Waals surface area contributed by atoms with Crippen LogP contribution in [-0.2, 0) is 23.7 Å². The Morgan fingerprint density at radius 3 is 2.12 bits per heavy atom. The van der Waals surface area contributed by atoms with Crippen molar-refractivity contribution >= 4 is 5.91 Å². The highest BCUT2D eigenvalue weighted by Crippen LogP contribution is 2.48. The first-order valence-electron chi connectivity index (χ1n) is 13.7. The van der Waals surface area contributed by atoms with Gasteiger partial charge in [-0.25, -0.2) is 4.39 Å². The summed E-state index contributed by atoms with van der Waals surface area (Å²) in [4.78, 5) is 15.9. The van der Waals surface area contributed by atoms with Gasteiger partial charge in [0.05, 0.1) is 16.5 Å². The van der Waals surface area contributed by atoms with Gasteiger partial charge in [-0.3, -0.25) is 4.79 Å². The molecule has 2 aromatic rings. The van der Waals surface area contributed by atoms with Gasteiger partial charge >= 0.3 is 12.4 Å². The van der Waals surface area contributed by atoms with Crippen molar-refractivity contribution in [3.05, 3.63) is 70.5 Å². The lowest BCUT2D eigenvalue weighted by molar-refractivity contribution is -0.143. The number of carbonyl (C=O) groups excluding carboxylic acids is 1. The Balaban J connectivity index is 1.44. The monoisotopic (exact) mass is 572 g/mol. The largest absolute Gasteiger partial charge is 0.416 e. The zero-order valence-electron chi connectivity index (χ0n) is 22.8. The van der Waals surface area contributed by atoms with Crippen LogP contribution >= 0.6 is 0 Å². The van der Waals surface area contributed by atoms with Crippen LogP contribution in [0.4, 0.5) is 30.7 Å². The predicted octanol–water partition coefficient (Wildman–Crippen LogP) is 7.80. The standard InChI is InChI=1S/C30H35F7N2O/c1-18(2)28(27(40)38-16-20-12-22(29(32,33)34)14-23(13-20)30(35,36)37)10-8-25(15-28)39-11-9-26(19(3)17-39)21-4-6-24(31)7-5-21/h4-7,12-14,18-19,25-26H,8-11,15-17H2,1-3H3,(H,38,40)/t19-,25?,26-,28?/m0/s1. The molecule has 1 aliphatic heterocycles. The summed E-state index contributed by atoms with van der Waals surface area (Å²) in [6.45, 7) is 7.26. The maximum Gasteiger partial charge on any atom is 0.416 e. The summed E-state index contributed by atoms with van der Waals surface area (Å²) in [7, 11) is 0. The lowest BCUT2D eigenvalue weighted by Gasteiger charge is -2.41. The number of hydrogen-bond acceptors (Lipinski definition) is 2. The molecule has 1 saturated carbocycles. The fourth-order valence-electron chi connectivity index (χ4n) is 6.55. The highest BCUT2D eigenvalue weighted by molar-refractivity contribution is 5.83. The second-order valence-corrected chi connectivity index (χ2v) is 11.7. The van der Waals surface area contributed by atoms with Gasteiger partial charge in [0.25, 0.3) is 0 Å². The molecule has 3 nitrogen and oxygen atoms in total. The molecular weight excluding hydrogens is 537 g/mol. The number of rotatable bonds is 6. The van der Waals surface area contributed by atoms with Crippen LogP contribution in [0.2, 0.25) is 0 Å². The maximum atomic E-state index is 13.5. The molecule has 40 heavy (non-hydrogen) atoms. The Hall–Kier alpha value is -2.62. The topological polar surface area (TPSA) is 32.3 Å². The molecule has 1 saturated heterocycles. The quantitative estimate of drug-likeness (QED) is 0.358. The van der Waals surface area contributed by atoms with Crippen molar-refractivity contribution in [2.45, 2.75) is 77.3 Å². The van der Waals surface area contributed by atoms with E-state index in [1.54, 1.807) is 0 Å². The molecule has 1 heterocycles. The van der Waals surface area contributed by atoms with Crippen LogP contribution in [0.5, 0.6) is 0 Å². The van der Waals surface area contributed by atoms with E-state index < -0.39 is 35.4 Å². The fraction of sp³-hybridized carbons (Fsp3) is 0.567. The Morgan fingerprint density at radius 2 is 1.60 bits per heavy atom. The molecule has 4 atom stereocenters. The second-order valence-electron chi connectivity index (χ2n) is 11.7. The number of piperidine rings is 1. The molecule has 4 rings (SSSR count). The first-order chi connectivity index (χ1) is 18.6. The molecule has 2 aliphatic rings. The van der Waals surface area contributed by atoms with Crippen LogP contribution in [-0.4, -0.2) is 29.9 Å². The van der Waals surface area contributed by atoms with E-state index in [2.05, 4.69) is 17.1 Å². The molecule has 2 aromatic carbocycles. The van der Waals surface area contributed by atoms with E-state index in [0.29, 0.717) is 36.8 Å². The van der Waals surface area contributed by atoms with E-state index in [0.717, 1.165) is 31.5 Å². The normalized spacial score (nSPS) is 26.3. The molecule has 2 unspecified atom stereocenters. The van der Waals surface area contributed by atoms with Crippen LogP contribution in [0.3, 0.4) is 0 Å². The second kappa shape index (κ2) is 11.3. The number of alkyl halides is 6. The number of benzene rings is 2. The number of amides is 1. The van der Waals surface area contributed by atoms with Gasteiger partial charge < -0.3 is 10.2 Å². The fourth-order valence-corrected chi connectivity index (χ4v) is 6.55. The van der Waals surface area contributed by atoms with Crippen LogP contribution in [0.15, 0.2) is 42.5 Å². The molecule has 2 fully saturated rings. The van der Waals surface area contributed by atoms with Gasteiger partial charge in [0.1, 0.15) is 5.82 Å². The average Bonchev–Trinajstić information content (AvgIpc) is 3.34. The number of nitrogens with one attached hydrogen (secondary N) is 1. The first-order valence-corrected chi connectivity index (χ1v) is 13.7. The number of nitrogens with zero attached hydrogens (tertiary/aromatic N) is 1. The van der Waals surface area contributed by atoms with Crippen molar-refractivity contribution < 1.29 is 35.5 Å². The first kappa shape index (κ1) is 30.3.